The van der Waals surface area contributed by atoms with Gasteiger partial charge in [0.05, 0.1) is 0 Å². The van der Waals surface area contributed by atoms with E-state index in [-0.39, 0.29) is 0 Å². The fraction of sp³-hybridized carbons (Fsp3) is 0. The van der Waals surface area contributed by atoms with Crippen molar-refractivity contribution in [3.05, 3.63) is 328 Å². The molecule has 0 aliphatic heterocycles. The molecule has 12 aromatic carbocycles. The Hall–Kier alpha value is -10.2. The zero-order valence-electron chi connectivity index (χ0n) is 42.0. The molecule has 0 amide bonds. The average molecular weight is 975 g/mol. The molecule has 0 fully saturated rings. The van der Waals surface area contributed by atoms with Gasteiger partial charge in [-0.3, -0.25) is 0 Å². The van der Waals surface area contributed by atoms with Crippen LogP contribution < -0.4 is 19.6 Å². The maximum atomic E-state index is 2.35. The van der Waals surface area contributed by atoms with Crippen LogP contribution in [0.25, 0.3) is 33.4 Å². The summed E-state index contributed by atoms with van der Waals surface area (Å²) in [5, 5.41) is 0. The van der Waals surface area contributed by atoms with E-state index in [1.54, 1.807) is 0 Å². The summed E-state index contributed by atoms with van der Waals surface area (Å²) in [6.07, 6.45) is 0. The standard InChI is InChI=1S/C72H54N4/c1-7-19-61(20-8-1)73(62-21-9-2-10-22-62)67-43-31-55(32-44-67)58-37-49-70(50-38-58)76(71-51-39-59(40-52-71)56-33-45-68(46-34-56)74(63-23-11-3-12-24-63)64-25-13-4-14-26-64)72-53-41-60(42-54-72)57-35-47-69(48-36-57)75(65-27-15-5-16-28-65)66-29-17-6-18-30-66/h1-54H. The quantitative estimate of drug-likeness (QED) is 0.101. The smallest absolute Gasteiger partial charge is 0.0462 e. The highest BCUT2D eigenvalue weighted by molar-refractivity contribution is 5.85. The summed E-state index contributed by atoms with van der Waals surface area (Å²) >= 11 is 0. The molecular weight excluding hydrogens is 921 g/mol. The van der Waals surface area contributed by atoms with Crippen LogP contribution in [0.3, 0.4) is 0 Å². The van der Waals surface area contributed by atoms with Gasteiger partial charge in [0.2, 0.25) is 0 Å². The van der Waals surface area contributed by atoms with Gasteiger partial charge in [-0.15, -0.1) is 0 Å². The van der Waals surface area contributed by atoms with Crippen LogP contribution >= 0.6 is 0 Å². The summed E-state index contributed by atoms with van der Waals surface area (Å²) in [7, 11) is 0. The van der Waals surface area contributed by atoms with E-state index in [1.807, 2.05) is 0 Å². The first-order valence-corrected chi connectivity index (χ1v) is 25.8. The van der Waals surface area contributed by atoms with Crippen LogP contribution in [0, 0.1) is 0 Å². The van der Waals surface area contributed by atoms with Gasteiger partial charge >= 0.3 is 0 Å². The van der Waals surface area contributed by atoms with Crippen molar-refractivity contribution < 1.29 is 0 Å². The topological polar surface area (TPSA) is 13.0 Å². The van der Waals surface area contributed by atoms with Crippen molar-refractivity contribution in [2.24, 2.45) is 0 Å². The molecule has 0 atom stereocenters. The van der Waals surface area contributed by atoms with Crippen LogP contribution in [0.2, 0.25) is 0 Å². The molecule has 0 saturated carbocycles. The fourth-order valence-electron chi connectivity index (χ4n) is 10.1. The monoisotopic (exact) mass is 974 g/mol. The molecule has 0 aromatic heterocycles. The van der Waals surface area contributed by atoms with Crippen LogP contribution in [0.5, 0.6) is 0 Å². The van der Waals surface area contributed by atoms with E-state index in [2.05, 4.69) is 347 Å². The van der Waals surface area contributed by atoms with Gasteiger partial charge in [-0.2, -0.15) is 0 Å². The first-order valence-electron chi connectivity index (χ1n) is 25.8. The molecule has 0 aliphatic carbocycles. The van der Waals surface area contributed by atoms with Gasteiger partial charge in [-0.05, 0) is 179 Å². The zero-order valence-corrected chi connectivity index (χ0v) is 42.0. The first kappa shape index (κ1) is 46.9. The molecule has 0 unspecified atom stereocenters. The maximum Gasteiger partial charge on any atom is 0.0462 e. The number of hydrogen-bond acceptors (Lipinski definition) is 4. The Morgan fingerprint density at radius 3 is 0.329 bits per heavy atom. The second-order valence-electron chi connectivity index (χ2n) is 18.6. The van der Waals surface area contributed by atoms with Gasteiger partial charge in [0.25, 0.3) is 0 Å². The molecular formula is C72H54N4. The van der Waals surface area contributed by atoms with Crippen LogP contribution in [-0.2, 0) is 0 Å². The maximum absolute atomic E-state index is 2.35. The lowest BCUT2D eigenvalue weighted by Crippen LogP contribution is -2.10. The molecule has 12 aromatic rings. The number of anilines is 12. The number of para-hydroxylation sites is 6. The molecule has 0 N–H and O–H groups in total. The summed E-state index contributed by atoms with van der Waals surface area (Å²) in [6.45, 7) is 0. The molecule has 4 heteroatoms. The first-order chi connectivity index (χ1) is 37.7. The minimum absolute atomic E-state index is 1.07. The molecule has 0 radical (unpaired) electrons. The molecule has 4 nitrogen and oxygen atoms in total. The minimum Gasteiger partial charge on any atom is -0.311 e. The third kappa shape index (κ3) is 10.1. The summed E-state index contributed by atoms with van der Waals surface area (Å²) in [5.74, 6) is 0. The normalized spacial score (nSPS) is 10.9. The second kappa shape index (κ2) is 21.9. The van der Waals surface area contributed by atoms with E-state index in [1.165, 1.54) is 0 Å². The Morgan fingerprint density at radius 1 is 0.105 bits per heavy atom. The fourth-order valence-corrected chi connectivity index (χ4v) is 10.1. The van der Waals surface area contributed by atoms with E-state index in [4.69, 9.17) is 0 Å². The van der Waals surface area contributed by atoms with Crippen molar-refractivity contribution in [3.63, 3.8) is 0 Å². The lowest BCUT2D eigenvalue weighted by atomic mass is 10.0. The summed E-state index contributed by atoms with van der Waals surface area (Å²) in [6, 6.07) is 117. The van der Waals surface area contributed by atoms with Crippen molar-refractivity contribution >= 4 is 68.2 Å². The summed E-state index contributed by atoms with van der Waals surface area (Å²) < 4.78 is 0. The number of nitrogens with zero attached hydrogens (tertiary/aromatic N) is 4. The Bertz CT molecular complexity index is 3210. The largest absolute Gasteiger partial charge is 0.311 e. The van der Waals surface area contributed by atoms with E-state index in [9.17, 15) is 0 Å². The Kier molecular flexibility index (Phi) is 13.5. The molecule has 0 spiro atoms. The lowest BCUT2D eigenvalue weighted by molar-refractivity contribution is 1.28. The van der Waals surface area contributed by atoms with E-state index < -0.39 is 0 Å². The molecule has 12 rings (SSSR count). The predicted molar refractivity (Wildman–Crippen MR) is 321 cm³/mol. The highest BCUT2D eigenvalue weighted by Crippen LogP contribution is 2.42. The van der Waals surface area contributed by atoms with Crippen molar-refractivity contribution in [1.29, 1.82) is 0 Å². The highest BCUT2D eigenvalue weighted by atomic mass is 15.2. The van der Waals surface area contributed by atoms with Gasteiger partial charge in [-0.1, -0.05) is 182 Å². The lowest BCUT2D eigenvalue weighted by Gasteiger charge is -2.27. The third-order valence-corrected chi connectivity index (χ3v) is 13.8. The Balaban J connectivity index is 0.850. The summed E-state index contributed by atoms with van der Waals surface area (Å²) in [5.41, 5.74) is 20.1. The number of rotatable bonds is 15. The van der Waals surface area contributed by atoms with Crippen molar-refractivity contribution in [2.45, 2.75) is 0 Å². The molecule has 0 bridgehead atoms. The van der Waals surface area contributed by atoms with Crippen molar-refractivity contribution in [2.75, 3.05) is 19.6 Å². The Morgan fingerprint density at radius 2 is 0.211 bits per heavy atom. The SMILES string of the molecule is c1ccc(N(c2ccccc2)c2ccc(-c3ccc(N(c4ccc(-c5ccc(N(c6ccccc6)c6ccccc6)cc5)cc4)c4ccc(-c5ccc(N(c6ccccc6)c6ccccc6)cc5)cc4)cc3)cc2)cc1. The second-order valence-corrected chi connectivity index (χ2v) is 18.6. The average Bonchev–Trinajstić information content (AvgIpc) is 3.51. The van der Waals surface area contributed by atoms with Crippen LogP contribution in [0.4, 0.5) is 68.2 Å². The van der Waals surface area contributed by atoms with Crippen LogP contribution in [-0.4, -0.2) is 0 Å². The van der Waals surface area contributed by atoms with E-state index >= 15 is 0 Å². The van der Waals surface area contributed by atoms with Crippen LogP contribution in [0.15, 0.2) is 328 Å². The zero-order chi connectivity index (χ0) is 50.9. The molecule has 0 aliphatic rings. The van der Waals surface area contributed by atoms with Gasteiger partial charge in [0.15, 0.2) is 0 Å². The molecule has 362 valence electrons. The van der Waals surface area contributed by atoms with Gasteiger partial charge in [-0.25, -0.2) is 0 Å². The summed E-state index contributed by atoms with van der Waals surface area (Å²) in [4.78, 5) is 9.23. The predicted octanol–water partition coefficient (Wildman–Crippen LogP) is 20.6. The molecule has 0 heterocycles. The van der Waals surface area contributed by atoms with E-state index in [0.29, 0.717) is 0 Å². The molecule has 0 saturated heterocycles. The van der Waals surface area contributed by atoms with Gasteiger partial charge < -0.3 is 19.6 Å². The van der Waals surface area contributed by atoms with Crippen molar-refractivity contribution in [1.82, 2.24) is 0 Å². The molecule has 76 heavy (non-hydrogen) atoms. The highest BCUT2D eigenvalue weighted by Gasteiger charge is 2.18. The number of hydrogen-bond donors (Lipinski definition) is 0. The van der Waals surface area contributed by atoms with Gasteiger partial charge in [0, 0.05) is 68.2 Å². The number of benzene rings is 12. The van der Waals surface area contributed by atoms with Crippen molar-refractivity contribution in [3.8, 4) is 33.4 Å². The minimum atomic E-state index is 1.07. The third-order valence-electron chi connectivity index (χ3n) is 13.8. The Labute approximate surface area is 446 Å². The van der Waals surface area contributed by atoms with E-state index in [0.717, 1.165) is 102 Å². The van der Waals surface area contributed by atoms with Crippen LogP contribution in [0.1, 0.15) is 0 Å². The van der Waals surface area contributed by atoms with Gasteiger partial charge in [0.1, 0.15) is 0 Å².